The molecule has 2 aromatic carbocycles. The zero-order valence-corrected chi connectivity index (χ0v) is 18.5. The molecule has 0 aliphatic rings. The van der Waals surface area contributed by atoms with Crippen LogP contribution >= 0.6 is 11.8 Å². The summed E-state index contributed by atoms with van der Waals surface area (Å²) in [6.07, 6.45) is 0.766. The molecule has 0 saturated carbocycles. The number of imidazole rings is 1. The normalized spacial score (nSPS) is 11.7. The minimum atomic E-state index is -0.213. The Morgan fingerprint density at radius 3 is 2.63 bits per heavy atom. The van der Waals surface area contributed by atoms with Crippen LogP contribution in [0.1, 0.15) is 35.5 Å². The lowest BCUT2D eigenvalue weighted by Gasteiger charge is -2.18. The molecule has 1 heterocycles. The fraction of sp³-hybridized carbons (Fsp3) is 0.304. The van der Waals surface area contributed by atoms with E-state index in [1.807, 2.05) is 50.2 Å². The summed E-state index contributed by atoms with van der Waals surface area (Å²) in [5, 5.41) is 3.77. The van der Waals surface area contributed by atoms with Gasteiger partial charge in [0.15, 0.2) is 5.16 Å². The highest BCUT2D eigenvalue weighted by Crippen LogP contribution is 2.29. The molecule has 1 atom stereocenters. The first-order chi connectivity index (χ1) is 14.5. The second kappa shape index (κ2) is 10.2. The summed E-state index contributed by atoms with van der Waals surface area (Å²) in [6.45, 7) is 3.93. The van der Waals surface area contributed by atoms with Crippen LogP contribution in [0.5, 0.6) is 11.5 Å². The highest BCUT2D eigenvalue weighted by Gasteiger charge is 2.16. The van der Waals surface area contributed by atoms with E-state index in [9.17, 15) is 4.79 Å². The van der Waals surface area contributed by atoms with E-state index in [0.29, 0.717) is 5.75 Å². The predicted molar refractivity (Wildman–Crippen MR) is 119 cm³/mol. The Hall–Kier alpha value is -2.93. The fourth-order valence-electron chi connectivity index (χ4n) is 3.17. The van der Waals surface area contributed by atoms with Crippen molar-refractivity contribution in [1.29, 1.82) is 0 Å². The largest absolute Gasteiger partial charge is 0.497 e. The van der Waals surface area contributed by atoms with Gasteiger partial charge >= 0.3 is 0 Å². The molecule has 0 radical (unpaired) electrons. The van der Waals surface area contributed by atoms with Gasteiger partial charge in [-0.25, -0.2) is 4.98 Å². The monoisotopic (exact) mass is 425 g/mol. The average molecular weight is 426 g/mol. The molecule has 6 nitrogen and oxygen atoms in total. The zero-order chi connectivity index (χ0) is 21.5. The zero-order valence-electron chi connectivity index (χ0n) is 17.7. The van der Waals surface area contributed by atoms with Crippen molar-refractivity contribution in [2.24, 2.45) is 0 Å². The summed E-state index contributed by atoms with van der Waals surface area (Å²) < 4.78 is 10.7. The molecule has 7 heteroatoms. The van der Waals surface area contributed by atoms with Gasteiger partial charge < -0.3 is 19.8 Å². The molecule has 0 fully saturated rings. The van der Waals surface area contributed by atoms with Crippen molar-refractivity contribution in [3.05, 3.63) is 71.0 Å². The maximum absolute atomic E-state index is 12.5. The van der Waals surface area contributed by atoms with Crippen LogP contribution in [-0.4, -0.2) is 35.8 Å². The average Bonchev–Trinajstić information content (AvgIpc) is 3.11. The van der Waals surface area contributed by atoms with Crippen LogP contribution in [-0.2, 0) is 11.2 Å². The van der Waals surface area contributed by atoms with Crippen molar-refractivity contribution in [3.63, 3.8) is 0 Å². The van der Waals surface area contributed by atoms with E-state index in [-0.39, 0.29) is 17.7 Å². The van der Waals surface area contributed by atoms with E-state index in [1.54, 1.807) is 14.2 Å². The molecule has 3 aromatic rings. The molecule has 0 aliphatic carbocycles. The molecule has 1 amide bonds. The van der Waals surface area contributed by atoms with Crippen molar-refractivity contribution >= 4 is 17.7 Å². The Balaban J connectivity index is 1.58. The summed E-state index contributed by atoms with van der Waals surface area (Å²) in [7, 11) is 3.23. The third kappa shape index (κ3) is 5.57. The molecule has 2 N–H and O–H groups in total. The van der Waals surface area contributed by atoms with Crippen LogP contribution in [0.2, 0.25) is 0 Å². The number of aromatic nitrogens is 2. The predicted octanol–water partition coefficient (Wildman–Crippen LogP) is 4.30. The number of methoxy groups -OCH3 is 2. The van der Waals surface area contributed by atoms with Gasteiger partial charge in [-0.2, -0.15) is 0 Å². The lowest BCUT2D eigenvalue weighted by molar-refractivity contribution is -0.119. The van der Waals surface area contributed by atoms with Crippen molar-refractivity contribution in [1.82, 2.24) is 15.3 Å². The first-order valence-electron chi connectivity index (χ1n) is 9.73. The first kappa shape index (κ1) is 21.8. The van der Waals surface area contributed by atoms with Crippen molar-refractivity contribution in [2.45, 2.75) is 31.5 Å². The van der Waals surface area contributed by atoms with Gasteiger partial charge in [0.2, 0.25) is 5.91 Å². The van der Waals surface area contributed by atoms with Gasteiger partial charge in [-0.15, -0.1) is 0 Å². The molecular weight excluding hydrogens is 398 g/mol. The molecule has 30 heavy (non-hydrogen) atoms. The van der Waals surface area contributed by atoms with E-state index in [2.05, 4.69) is 27.4 Å². The number of benzene rings is 2. The quantitative estimate of drug-likeness (QED) is 0.500. The number of aryl methyl sites for hydroxylation is 1. The minimum Gasteiger partial charge on any atom is -0.497 e. The molecule has 1 unspecified atom stereocenters. The third-order valence-electron chi connectivity index (χ3n) is 4.80. The number of H-pyrrole nitrogens is 1. The van der Waals surface area contributed by atoms with Crippen molar-refractivity contribution in [2.75, 3.05) is 20.0 Å². The van der Waals surface area contributed by atoms with Gasteiger partial charge in [-0.1, -0.05) is 42.1 Å². The second-order valence-corrected chi connectivity index (χ2v) is 7.93. The van der Waals surface area contributed by atoms with Crippen LogP contribution < -0.4 is 14.8 Å². The van der Waals surface area contributed by atoms with Crippen molar-refractivity contribution in [3.8, 4) is 11.5 Å². The Labute approximate surface area is 181 Å². The summed E-state index contributed by atoms with van der Waals surface area (Å²) in [4.78, 5) is 20.4. The standard InChI is InChI=1S/C23H27N3O3S/c1-15(19-13-18(28-3)10-11-21(19)29-4)24-22(27)14-30-23-25-16(2)20(26-23)12-17-8-6-5-7-9-17/h5-11,13,15H,12,14H2,1-4H3,(H,24,27)(H,25,26). The maximum Gasteiger partial charge on any atom is 0.230 e. The van der Waals surface area contributed by atoms with E-state index < -0.39 is 0 Å². The lowest BCUT2D eigenvalue weighted by Crippen LogP contribution is -2.28. The van der Waals surface area contributed by atoms with Crippen LogP contribution in [0.25, 0.3) is 0 Å². The summed E-state index contributed by atoms with van der Waals surface area (Å²) in [6, 6.07) is 15.6. The van der Waals surface area contributed by atoms with Gasteiger partial charge in [0, 0.05) is 17.7 Å². The highest BCUT2D eigenvalue weighted by atomic mass is 32.2. The number of aromatic amines is 1. The molecule has 3 rings (SSSR count). The summed E-state index contributed by atoms with van der Waals surface area (Å²) in [5.41, 5.74) is 4.10. The number of amides is 1. The van der Waals surface area contributed by atoms with Gasteiger partial charge in [0.25, 0.3) is 0 Å². The van der Waals surface area contributed by atoms with E-state index >= 15 is 0 Å². The smallest absolute Gasteiger partial charge is 0.230 e. The number of nitrogens with zero attached hydrogens (tertiary/aromatic N) is 1. The minimum absolute atomic E-state index is 0.0731. The summed E-state index contributed by atoms with van der Waals surface area (Å²) >= 11 is 1.39. The number of hydrogen-bond donors (Lipinski definition) is 2. The van der Waals surface area contributed by atoms with Crippen LogP contribution in [0.3, 0.4) is 0 Å². The molecular formula is C23H27N3O3S. The SMILES string of the molecule is COc1ccc(OC)c(C(C)NC(=O)CSc2nc(Cc3ccccc3)c(C)[nH]2)c1. The third-order valence-corrected chi connectivity index (χ3v) is 5.67. The lowest BCUT2D eigenvalue weighted by atomic mass is 10.1. The molecule has 0 aliphatic heterocycles. The van der Waals surface area contributed by atoms with Gasteiger partial charge in [-0.3, -0.25) is 4.79 Å². The Bertz CT molecular complexity index is 989. The number of nitrogens with one attached hydrogen (secondary N) is 2. The van der Waals surface area contributed by atoms with Gasteiger partial charge in [0.05, 0.1) is 31.7 Å². The number of carbonyl (C=O) groups is 1. The molecule has 0 saturated heterocycles. The van der Waals surface area contributed by atoms with Crippen LogP contribution in [0.15, 0.2) is 53.7 Å². The number of thioether (sulfide) groups is 1. The van der Waals surface area contributed by atoms with Gasteiger partial charge in [0.1, 0.15) is 11.5 Å². The Morgan fingerprint density at radius 1 is 1.17 bits per heavy atom. The second-order valence-electron chi connectivity index (χ2n) is 6.96. The maximum atomic E-state index is 12.5. The van der Waals surface area contributed by atoms with Gasteiger partial charge in [-0.05, 0) is 37.6 Å². The number of hydrogen-bond acceptors (Lipinski definition) is 5. The number of carbonyl (C=O) groups excluding carboxylic acids is 1. The Kier molecular flexibility index (Phi) is 7.41. The molecule has 0 spiro atoms. The molecule has 1 aromatic heterocycles. The van der Waals surface area contributed by atoms with E-state index in [0.717, 1.165) is 34.3 Å². The van der Waals surface area contributed by atoms with E-state index in [1.165, 1.54) is 17.3 Å². The van der Waals surface area contributed by atoms with Crippen molar-refractivity contribution < 1.29 is 14.3 Å². The Morgan fingerprint density at radius 2 is 1.93 bits per heavy atom. The first-order valence-corrected chi connectivity index (χ1v) is 10.7. The summed E-state index contributed by atoms with van der Waals surface area (Å²) in [5.74, 6) is 1.63. The highest BCUT2D eigenvalue weighted by molar-refractivity contribution is 7.99. The topological polar surface area (TPSA) is 76.2 Å². The fourth-order valence-corrected chi connectivity index (χ4v) is 3.92. The molecule has 158 valence electrons. The molecule has 0 bridgehead atoms. The number of ether oxygens (including phenoxy) is 2. The van der Waals surface area contributed by atoms with Crippen LogP contribution in [0, 0.1) is 6.92 Å². The van der Waals surface area contributed by atoms with Crippen LogP contribution in [0.4, 0.5) is 0 Å². The van der Waals surface area contributed by atoms with E-state index in [4.69, 9.17) is 9.47 Å². The number of rotatable bonds is 9.